The van der Waals surface area contributed by atoms with Crippen LogP contribution in [0.5, 0.6) is 0 Å². The lowest BCUT2D eigenvalue weighted by Crippen LogP contribution is -2.61. The average molecular weight is 456 g/mol. The predicted molar refractivity (Wildman–Crippen MR) is 103 cm³/mol. The van der Waals surface area contributed by atoms with Crippen molar-refractivity contribution >= 4 is 29.8 Å². The smallest absolute Gasteiger partial charge is 0.372 e. The molecule has 0 aromatic heterocycles. The molecule has 14 heteroatoms. The van der Waals surface area contributed by atoms with Gasteiger partial charge >= 0.3 is 23.9 Å². The molecule has 0 aliphatic carbocycles. The van der Waals surface area contributed by atoms with Crippen LogP contribution >= 0.6 is 0 Å². The van der Waals surface area contributed by atoms with Crippen molar-refractivity contribution in [3.63, 3.8) is 0 Å². The van der Waals surface area contributed by atoms with Crippen molar-refractivity contribution in [3.05, 3.63) is 22.3 Å². The predicted octanol–water partition coefficient (Wildman–Crippen LogP) is 0.0522. The summed E-state index contributed by atoms with van der Waals surface area (Å²) in [4.78, 5) is 61.4. The minimum Gasteiger partial charge on any atom is -0.477 e. The van der Waals surface area contributed by atoms with Crippen LogP contribution in [0.25, 0.3) is 10.4 Å². The second-order valence-electron chi connectivity index (χ2n) is 6.55. The lowest BCUT2D eigenvalue weighted by atomic mass is 9.92. The summed E-state index contributed by atoms with van der Waals surface area (Å²) in [5.74, 6) is -4.27. The maximum atomic E-state index is 12.1. The van der Waals surface area contributed by atoms with E-state index in [4.69, 9.17) is 24.5 Å². The van der Waals surface area contributed by atoms with Crippen molar-refractivity contribution in [2.75, 3.05) is 13.7 Å². The van der Waals surface area contributed by atoms with Crippen LogP contribution in [0.2, 0.25) is 0 Å². The van der Waals surface area contributed by atoms with Gasteiger partial charge < -0.3 is 29.0 Å². The van der Waals surface area contributed by atoms with E-state index in [1.165, 1.54) is 6.92 Å². The number of esters is 4. The first kappa shape index (κ1) is 26.2. The van der Waals surface area contributed by atoms with Crippen LogP contribution in [0.1, 0.15) is 27.7 Å². The van der Waals surface area contributed by atoms with Gasteiger partial charge in [0.15, 0.2) is 18.3 Å². The third-order valence-electron chi connectivity index (χ3n) is 4.01. The Morgan fingerprint density at radius 1 is 1.12 bits per heavy atom. The molecule has 0 saturated carbocycles. The minimum absolute atomic E-state index is 0.400. The van der Waals surface area contributed by atoms with E-state index >= 15 is 0 Å². The molecule has 5 atom stereocenters. The third kappa shape index (κ3) is 7.80. The summed E-state index contributed by atoms with van der Waals surface area (Å²) in [5, 5.41) is 6.07. The number of nitrogens with one attached hydrogen (secondary N) is 1. The molecule has 1 amide bonds. The SMILES string of the molecule is COC(=O)C1=C[C@H](N=[N+]=[N-])[C@@H](NC(C)=O)[C@H]([C@H](OC(C)=O)C(COC(C)=O)OC(C)=O)O1. The molecule has 0 aromatic rings. The highest BCUT2D eigenvalue weighted by atomic mass is 16.6. The molecular formula is C18H24N4O10. The van der Waals surface area contributed by atoms with Gasteiger partial charge in [0.25, 0.3) is 0 Å². The van der Waals surface area contributed by atoms with Crippen LogP contribution in [0, 0.1) is 0 Å². The highest BCUT2D eigenvalue weighted by Gasteiger charge is 2.47. The first-order valence-electron chi connectivity index (χ1n) is 9.26. The van der Waals surface area contributed by atoms with Gasteiger partial charge in [0, 0.05) is 32.6 Å². The number of rotatable bonds is 9. The Morgan fingerprint density at radius 3 is 2.22 bits per heavy atom. The summed E-state index contributed by atoms with van der Waals surface area (Å²) < 4.78 is 25.6. The molecule has 176 valence electrons. The summed E-state index contributed by atoms with van der Waals surface area (Å²) >= 11 is 0. The fourth-order valence-corrected chi connectivity index (χ4v) is 2.92. The molecule has 1 aliphatic heterocycles. The second kappa shape index (κ2) is 12.2. The van der Waals surface area contributed by atoms with Crippen molar-refractivity contribution < 1.29 is 47.7 Å². The number of hydrogen-bond donors (Lipinski definition) is 1. The summed E-state index contributed by atoms with van der Waals surface area (Å²) in [6, 6.07) is -2.35. The third-order valence-corrected chi connectivity index (χ3v) is 4.01. The first-order valence-corrected chi connectivity index (χ1v) is 9.26. The van der Waals surface area contributed by atoms with Crippen molar-refractivity contribution in [1.29, 1.82) is 0 Å². The lowest BCUT2D eigenvalue weighted by Gasteiger charge is -2.40. The Morgan fingerprint density at radius 2 is 1.75 bits per heavy atom. The Hall–Kier alpha value is -3.80. The maximum absolute atomic E-state index is 12.1. The number of carbonyl (C=O) groups excluding carboxylic acids is 5. The van der Waals surface area contributed by atoms with Crippen LogP contribution in [-0.2, 0) is 47.7 Å². The summed E-state index contributed by atoms with van der Waals surface area (Å²) in [6.45, 7) is 3.87. The fraction of sp³-hybridized carbons (Fsp3) is 0.611. The molecule has 0 fully saturated rings. The number of carbonyl (C=O) groups is 5. The highest BCUT2D eigenvalue weighted by molar-refractivity contribution is 5.86. The van der Waals surface area contributed by atoms with E-state index in [0.717, 1.165) is 34.0 Å². The summed E-state index contributed by atoms with van der Waals surface area (Å²) in [7, 11) is 1.08. The molecule has 1 unspecified atom stereocenters. The molecule has 1 N–H and O–H groups in total. The molecule has 0 aromatic carbocycles. The molecule has 0 radical (unpaired) electrons. The van der Waals surface area contributed by atoms with Gasteiger partial charge in [0.1, 0.15) is 6.61 Å². The minimum atomic E-state index is -1.50. The average Bonchev–Trinajstić information content (AvgIpc) is 2.69. The quantitative estimate of drug-likeness (QED) is 0.163. The van der Waals surface area contributed by atoms with Crippen LogP contribution in [-0.4, -0.2) is 73.9 Å². The Kier molecular flexibility index (Phi) is 9.96. The molecule has 1 aliphatic rings. The first-order chi connectivity index (χ1) is 15.0. The van der Waals surface area contributed by atoms with Crippen molar-refractivity contribution in [1.82, 2.24) is 5.32 Å². The van der Waals surface area contributed by atoms with Gasteiger partial charge in [-0.05, 0) is 11.6 Å². The van der Waals surface area contributed by atoms with Gasteiger partial charge in [-0.15, -0.1) is 0 Å². The Bertz CT molecular complexity index is 836. The number of methoxy groups -OCH3 is 1. The number of ether oxygens (including phenoxy) is 5. The number of nitrogens with zero attached hydrogens (tertiary/aromatic N) is 3. The monoisotopic (exact) mass is 456 g/mol. The van der Waals surface area contributed by atoms with Crippen LogP contribution in [0.4, 0.5) is 0 Å². The van der Waals surface area contributed by atoms with E-state index in [2.05, 4.69) is 20.1 Å². The lowest BCUT2D eigenvalue weighted by molar-refractivity contribution is -0.187. The van der Waals surface area contributed by atoms with Gasteiger partial charge in [-0.25, -0.2) is 4.79 Å². The Labute approximate surface area is 182 Å². The molecule has 14 nitrogen and oxygen atoms in total. The van der Waals surface area contributed by atoms with Crippen molar-refractivity contribution in [2.24, 2.45) is 5.11 Å². The normalized spacial score (nSPS) is 21.3. The van der Waals surface area contributed by atoms with E-state index < -0.39 is 72.5 Å². The topological polar surface area (TPSA) is 192 Å². The van der Waals surface area contributed by atoms with Crippen LogP contribution < -0.4 is 5.32 Å². The molecule has 1 rings (SSSR count). The molecule has 32 heavy (non-hydrogen) atoms. The molecule has 0 bridgehead atoms. The highest BCUT2D eigenvalue weighted by Crippen LogP contribution is 2.28. The summed E-state index contributed by atoms with van der Waals surface area (Å²) in [5.41, 5.74) is 8.94. The van der Waals surface area contributed by atoms with Crippen molar-refractivity contribution in [3.8, 4) is 0 Å². The van der Waals surface area contributed by atoms with Crippen LogP contribution in [0.3, 0.4) is 0 Å². The van der Waals surface area contributed by atoms with E-state index in [9.17, 15) is 24.0 Å². The number of amides is 1. The maximum Gasteiger partial charge on any atom is 0.372 e. The molecule has 0 saturated heterocycles. The zero-order valence-electron chi connectivity index (χ0n) is 18.1. The fourth-order valence-electron chi connectivity index (χ4n) is 2.92. The van der Waals surface area contributed by atoms with Gasteiger partial charge in [0.05, 0.1) is 19.2 Å². The van der Waals surface area contributed by atoms with E-state index in [1.807, 2.05) is 0 Å². The molecular weight excluding hydrogens is 432 g/mol. The van der Waals surface area contributed by atoms with E-state index in [1.54, 1.807) is 0 Å². The van der Waals surface area contributed by atoms with Gasteiger partial charge in [-0.1, -0.05) is 5.11 Å². The number of hydrogen-bond acceptors (Lipinski definition) is 11. The Balaban J connectivity index is 3.57. The van der Waals surface area contributed by atoms with E-state index in [-0.39, 0.29) is 0 Å². The zero-order valence-corrected chi connectivity index (χ0v) is 18.1. The van der Waals surface area contributed by atoms with Crippen LogP contribution in [0.15, 0.2) is 16.9 Å². The second-order valence-corrected chi connectivity index (χ2v) is 6.55. The standard InChI is InChI=1S/C18H24N4O10/c1-8(23)20-15-12(21-22-19)6-13(18(27)28-5)32-17(15)16(31-11(4)26)14(30-10(3)25)7-29-9(2)24/h6,12,14-17H,7H2,1-5H3,(H,20,23)/t12-,14?,15+,16+,17+/m0/s1. The van der Waals surface area contributed by atoms with Gasteiger partial charge in [0.2, 0.25) is 11.7 Å². The van der Waals surface area contributed by atoms with E-state index in [0.29, 0.717) is 0 Å². The van der Waals surface area contributed by atoms with Gasteiger partial charge in [-0.2, -0.15) is 0 Å². The summed E-state index contributed by atoms with van der Waals surface area (Å²) in [6.07, 6.45) is -3.19. The van der Waals surface area contributed by atoms with Gasteiger partial charge in [-0.3, -0.25) is 19.2 Å². The molecule has 1 heterocycles. The largest absolute Gasteiger partial charge is 0.477 e. The molecule has 0 spiro atoms. The zero-order chi connectivity index (χ0) is 24.4. The van der Waals surface area contributed by atoms with Crippen molar-refractivity contribution in [2.45, 2.75) is 58.1 Å². The number of azide groups is 1.